The van der Waals surface area contributed by atoms with Crippen molar-refractivity contribution >= 4 is 21.6 Å². The van der Waals surface area contributed by atoms with Crippen LogP contribution in [-0.4, -0.2) is 25.8 Å². The van der Waals surface area contributed by atoms with Crippen LogP contribution in [0, 0.1) is 5.82 Å². The van der Waals surface area contributed by atoms with E-state index < -0.39 is 15.8 Å². The molecule has 1 aromatic carbocycles. The molecule has 0 aromatic heterocycles. The highest BCUT2D eigenvalue weighted by Crippen LogP contribution is 2.23. The van der Waals surface area contributed by atoms with Gasteiger partial charge in [-0.15, -0.1) is 11.6 Å². The topological polar surface area (TPSA) is 37.4 Å². The van der Waals surface area contributed by atoms with E-state index in [-0.39, 0.29) is 10.8 Å². The second kappa shape index (κ2) is 6.20. The lowest BCUT2D eigenvalue weighted by atomic mass is 10.2. The molecule has 0 atom stereocenters. The number of sulfonamides is 1. The van der Waals surface area contributed by atoms with Gasteiger partial charge in [-0.05, 0) is 30.5 Å². The van der Waals surface area contributed by atoms with Crippen LogP contribution < -0.4 is 0 Å². The van der Waals surface area contributed by atoms with E-state index in [1.165, 1.54) is 16.4 Å². The molecule has 0 radical (unpaired) electrons. The normalized spacial score (nSPS) is 18.2. The highest BCUT2D eigenvalue weighted by atomic mass is 35.5. The largest absolute Gasteiger partial charge is 0.245 e. The number of halogens is 2. The lowest BCUT2D eigenvalue weighted by molar-refractivity contribution is 0.419. The van der Waals surface area contributed by atoms with Crippen molar-refractivity contribution in [2.24, 2.45) is 0 Å². The molecule has 1 aromatic rings. The van der Waals surface area contributed by atoms with Crippen LogP contribution in [-0.2, 0) is 15.9 Å². The molecule has 0 unspecified atom stereocenters. The summed E-state index contributed by atoms with van der Waals surface area (Å²) in [5, 5.41) is 0. The molecule has 0 saturated carbocycles. The molecule has 3 nitrogen and oxygen atoms in total. The van der Waals surface area contributed by atoms with E-state index in [1.54, 1.807) is 6.07 Å². The van der Waals surface area contributed by atoms with Gasteiger partial charge in [0.2, 0.25) is 10.0 Å². The Morgan fingerprint density at radius 3 is 2.32 bits per heavy atom. The predicted molar refractivity (Wildman–Crippen MR) is 73.2 cm³/mol. The summed E-state index contributed by atoms with van der Waals surface area (Å²) in [6.07, 6.45) is 3.72. The third kappa shape index (κ3) is 3.27. The average Bonchev–Trinajstić information content (AvgIpc) is 2.67. The van der Waals surface area contributed by atoms with Crippen molar-refractivity contribution in [3.05, 3.63) is 29.6 Å². The Morgan fingerprint density at radius 1 is 1.16 bits per heavy atom. The van der Waals surface area contributed by atoms with E-state index in [9.17, 15) is 12.8 Å². The molecule has 2 rings (SSSR count). The molecule has 1 aliphatic rings. The van der Waals surface area contributed by atoms with Crippen LogP contribution in [0.1, 0.15) is 31.2 Å². The van der Waals surface area contributed by atoms with E-state index in [4.69, 9.17) is 11.6 Å². The number of rotatable bonds is 3. The van der Waals surface area contributed by atoms with E-state index >= 15 is 0 Å². The zero-order valence-electron chi connectivity index (χ0n) is 10.6. The van der Waals surface area contributed by atoms with Gasteiger partial charge in [-0.3, -0.25) is 0 Å². The minimum atomic E-state index is -3.73. The van der Waals surface area contributed by atoms with Gasteiger partial charge in [0.15, 0.2) is 0 Å². The second-order valence-corrected chi connectivity index (χ2v) is 6.89. The molecule has 19 heavy (non-hydrogen) atoms. The minimum Gasteiger partial charge on any atom is -0.207 e. The molecule has 0 N–H and O–H groups in total. The van der Waals surface area contributed by atoms with E-state index in [0.29, 0.717) is 18.7 Å². The summed E-state index contributed by atoms with van der Waals surface area (Å²) in [5.74, 6) is -0.552. The summed E-state index contributed by atoms with van der Waals surface area (Å²) in [4.78, 5) is -0.247. The third-order valence-corrected chi connectivity index (χ3v) is 5.57. The van der Waals surface area contributed by atoms with Crippen molar-refractivity contribution in [1.82, 2.24) is 4.31 Å². The Bertz CT molecular complexity index is 540. The van der Waals surface area contributed by atoms with Crippen LogP contribution in [0.4, 0.5) is 4.39 Å². The quantitative estimate of drug-likeness (QED) is 0.805. The predicted octanol–water partition coefficient (Wildman–Crippen LogP) is 3.13. The fourth-order valence-corrected chi connectivity index (χ4v) is 3.99. The molecule has 0 spiro atoms. The highest BCUT2D eigenvalue weighted by Gasteiger charge is 2.27. The second-order valence-electron chi connectivity index (χ2n) is 4.72. The molecule has 1 heterocycles. The molecule has 0 bridgehead atoms. The van der Waals surface area contributed by atoms with E-state index in [0.717, 1.165) is 25.7 Å². The minimum absolute atomic E-state index is 0.168. The Hall–Kier alpha value is -0.650. The zero-order chi connectivity index (χ0) is 13.9. The van der Waals surface area contributed by atoms with Gasteiger partial charge in [-0.1, -0.05) is 18.9 Å². The van der Waals surface area contributed by atoms with Gasteiger partial charge in [0.05, 0.1) is 0 Å². The maximum absolute atomic E-state index is 13.9. The molecule has 1 saturated heterocycles. The Labute approximate surface area is 118 Å². The molecule has 1 fully saturated rings. The van der Waals surface area contributed by atoms with E-state index in [2.05, 4.69) is 0 Å². The summed E-state index contributed by atoms with van der Waals surface area (Å²) >= 11 is 5.61. The number of hydrogen-bond donors (Lipinski definition) is 0. The SMILES string of the molecule is O=S(=O)(c1ccc(CCl)cc1F)N1CCCCCC1. The van der Waals surface area contributed by atoms with Gasteiger partial charge in [0.25, 0.3) is 0 Å². The third-order valence-electron chi connectivity index (χ3n) is 3.33. The summed E-state index contributed by atoms with van der Waals surface area (Å²) in [6, 6.07) is 4.06. The van der Waals surface area contributed by atoms with Crippen molar-refractivity contribution in [1.29, 1.82) is 0 Å². The smallest absolute Gasteiger partial charge is 0.207 e. The summed E-state index contributed by atoms with van der Waals surface area (Å²) in [6.45, 7) is 0.943. The highest BCUT2D eigenvalue weighted by molar-refractivity contribution is 7.89. The van der Waals surface area contributed by atoms with Crippen LogP contribution in [0.5, 0.6) is 0 Å². The van der Waals surface area contributed by atoms with Gasteiger partial charge in [0, 0.05) is 19.0 Å². The Kier molecular flexibility index (Phi) is 4.81. The fourth-order valence-electron chi connectivity index (χ4n) is 2.26. The lowest BCUT2D eigenvalue weighted by Crippen LogP contribution is -2.32. The average molecular weight is 306 g/mol. The molecule has 1 aliphatic heterocycles. The Balaban J connectivity index is 2.32. The van der Waals surface area contributed by atoms with Crippen LogP contribution >= 0.6 is 11.6 Å². The molecular weight excluding hydrogens is 289 g/mol. The first-order valence-corrected chi connectivity index (χ1v) is 8.37. The molecular formula is C13H17ClFNO2S. The lowest BCUT2D eigenvalue weighted by Gasteiger charge is -2.20. The van der Waals surface area contributed by atoms with Crippen molar-refractivity contribution < 1.29 is 12.8 Å². The number of benzene rings is 1. The van der Waals surface area contributed by atoms with Gasteiger partial charge >= 0.3 is 0 Å². The van der Waals surface area contributed by atoms with Crippen LogP contribution in [0.25, 0.3) is 0 Å². The standard InChI is InChI=1S/C13H17ClFNO2S/c14-10-11-5-6-13(12(15)9-11)19(17,18)16-7-3-1-2-4-8-16/h5-6,9H,1-4,7-8,10H2. The van der Waals surface area contributed by atoms with Gasteiger partial charge in [0.1, 0.15) is 10.7 Å². The molecule has 6 heteroatoms. The van der Waals surface area contributed by atoms with Crippen molar-refractivity contribution in [2.75, 3.05) is 13.1 Å². The van der Waals surface area contributed by atoms with Crippen LogP contribution in [0.3, 0.4) is 0 Å². The van der Waals surface area contributed by atoms with Crippen molar-refractivity contribution in [3.8, 4) is 0 Å². The van der Waals surface area contributed by atoms with Crippen molar-refractivity contribution in [3.63, 3.8) is 0 Å². The molecule has 106 valence electrons. The monoisotopic (exact) mass is 305 g/mol. The fraction of sp³-hybridized carbons (Fsp3) is 0.538. The van der Waals surface area contributed by atoms with Crippen LogP contribution in [0.2, 0.25) is 0 Å². The van der Waals surface area contributed by atoms with Gasteiger partial charge in [-0.25, -0.2) is 12.8 Å². The first kappa shape index (κ1) is 14.8. The number of nitrogens with zero attached hydrogens (tertiary/aromatic N) is 1. The summed E-state index contributed by atoms with van der Waals surface area (Å²) in [5.41, 5.74) is 0.578. The zero-order valence-corrected chi connectivity index (χ0v) is 12.2. The molecule has 0 amide bonds. The number of alkyl halides is 1. The van der Waals surface area contributed by atoms with Crippen molar-refractivity contribution in [2.45, 2.75) is 36.5 Å². The maximum Gasteiger partial charge on any atom is 0.245 e. The summed E-state index contributed by atoms with van der Waals surface area (Å²) < 4.78 is 40.1. The Morgan fingerprint density at radius 2 is 1.79 bits per heavy atom. The maximum atomic E-state index is 13.9. The van der Waals surface area contributed by atoms with Crippen LogP contribution in [0.15, 0.2) is 23.1 Å². The molecule has 0 aliphatic carbocycles. The van der Waals surface area contributed by atoms with Gasteiger partial charge < -0.3 is 0 Å². The number of hydrogen-bond acceptors (Lipinski definition) is 2. The van der Waals surface area contributed by atoms with Gasteiger partial charge in [-0.2, -0.15) is 4.31 Å². The first-order valence-electron chi connectivity index (χ1n) is 6.40. The first-order chi connectivity index (χ1) is 9.05. The summed E-state index contributed by atoms with van der Waals surface area (Å²) in [7, 11) is -3.73. The van der Waals surface area contributed by atoms with E-state index in [1.807, 2.05) is 0 Å².